The fourth-order valence-electron chi connectivity index (χ4n) is 5.26. The van der Waals surface area contributed by atoms with Gasteiger partial charge in [-0.15, -0.1) is 0 Å². The minimum Gasteiger partial charge on any atom is -0.493 e. The van der Waals surface area contributed by atoms with E-state index in [1.54, 1.807) is 0 Å². The highest BCUT2D eigenvalue weighted by Gasteiger charge is 2.22. The van der Waals surface area contributed by atoms with Crippen molar-refractivity contribution in [3.8, 4) is 11.5 Å². The van der Waals surface area contributed by atoms with Crippen LogP contribution in [-0.4, -0.2) is 19.1 Å². The number of benzene rings is 4. The second-order valence-corrected chi connectivity index (χ2v) is 9.56. The number of para-hydroxylation sites is 1. The van der Waals surface area contributed by atoms with Gasteiger partial charge in [0, 0.05) is 28.9 Å². The molecule has 0 saturated carbocycles. The molecule has 0 N–H and O–H groups in total. The van der Waals surface area contributed by atoms with Crippen LogP contribution in [0.3, 0.4) is 0 Å². The first-order valence-corrected chi connectivity index (χ1v) is 12.7. The van der Waals surface area contributed by atoms with E-state index in [1.165, 1.54) is 5.56 Å². The van der Waals surface area contributed by atoms with E-state index in [9.17, 15) is 4.79 Å². The lowest BCUT2D eigenvalue weighted by Crippen LogP contribution is -2.31. The van der Waals surface area contributed by atoms with Crippen molar-refractivity contribution < 1.29 is 14.3 Å². The van der Waals surface area contributed by atoms with E-state index in [4.69, 9.17) is 9.47 Å². The summed E-state index contributed by atoms with van der Waals surface area (Å²) in [5.74, 6) is 2.23. The number of nitrogens with zero attached hydrogens (tertiary/aromatic N) is 1. The van der Waals surface area contributed by atoms with E-state index in [2.05, 4.69) is 47.4 Å². The number of anilines is 1. The van der Waals surface area contributed by atoms with E-state index in [0.29, 0.717) is 36.9 Å². The average Bonchev–Trinajstić information content (AvgIpc) is 2.93. The molecule has 2 aliphatic rings. The summed E-state index contributed by atoms with van der Waals surface area (Å²) in [5.41, 5.74) is 5.98. The second kappa shape index (κ2) is 9.90. The van der Waals surface area contributed by atoms with Crippen LogP contribution in [0.2, 0.25) is 0 Å². The van der Waals surface area contributed by atoms with E-state index in [1.807, 2.05) is 54.6 Å². The van der Waals surface area contributed by atoms with Crippen molar-refractivity contribution >= 4 is 11.5 Å². The Morgan fingerprint density at radius 2 is 1.39 bits per heavy atom. The largest absolute Gasteiger partial charge is 0.493 e. The molecule has 1 unspecified atom stereocenters. The number of carbonyl (C=O) groups excluding carboxylic acids is 1. The third kappa shape index (κ3) is 4.59. The van der Waals surface area contributed by atoms with Crippen LogP contribution in [0.4, 0.5) is 5.69 Å². The number of aryl methyl sites for hydroxylation is 1. The fraction of sp³-hybridized carbons (Fsp3) is 0.219. The maximum Gasteiger partial charge on any atom is 0.193 e. The predicted molar refractivity (Wildman–Crippen MR) is 142 cm³/mol. The molecule has 0 aliphatic carbocycles. The first-order chi connectivity index (χ1) is 17.7. The summed E-state index contributed by atoms with van der Waals surface area (Å²) < 4.78 is 12.1. The number of carbonyl (C=O) groups is 1. The summed E-state index contributed by atoms with van der Waals surface area (Å²) in [6, 6.07) is 32.5. The molecule has 180 valence electrons. The molecule has 0 bridgehead atoms. The number of fused-ring (bicyclic) bond motifs is 2. The van der Waals surface area contributed by atoms with Crippen LogP contribution in [0.5, 0.6) is 11.5 Å². The summed E-state index contributed by atoms with van der Waals surface area (Å²) in [7, 11) is 0. The predicted octanol–water partition coefficient (Wildman–Crippen LogP) is 6.77. The Bertz CT molecular complexity index is 1370. The smallest absolute Gasteiger partial charge is 0.193 e. The third-order valence-electron chi connectivity index (χ3n) is 7.26. The molecule has 0 spiro atoms. The normalized spacial score (nSPS) is 17.0. The zero-order valence-corrected chi connectivity index (χ0v) is 20.2. The van der Waals surface area contributed by atoms with Gasteiger partial charge in [0.2, 0.25) is 0 Å². The van der Waals surface area contributed by atoms with Crippen molar-refractivity contribution in [3.63, 3.8) is 0 Å². The van der Waals surface area contributed by atoms with Gasteiger partial charge in [-0.25, -0.2) is 0 Å². The minimum absolute atomic E-state index is 0.0269. The van der Waals surface area contributed by atoms with E-state index in [-0.39, 0.29) is 5.78 Å². The Hall–Kier alpha value is -4.05. The fourth-order valence-corrected chi connectivity index (χ4v) is 5.26. The SMILES string of the molecule is O=C(c1ccc2c(c1)CCC(c1ccccc1)CCO2)c1ccc2c(c1)CN(c1ccccc1)CO2. The first-order valence-electron chi connectivity index (χ1n) is 12.7. The maximum atomic E-state index is 13.5. The lowest BCUT2D eigenvalue weighted by Gasteiger charge is -2.31. The molecular weight excluding hydrogens is 446 g/mol. The monoisotopic (exact) mass is 475 g/mol. The molecular formula is C32H29NO3. The zero-order chi connectivity index (χ0) is 24.3. The van der Waals surface area contributed by atoms with Crippen molar-refractivity contribution in [1.82, 2.24) is 0 Å². The first kappa shape index (κ1) is 22.4. The van der Waals surface area contributed by atoms with Crippen molar-refractivity contribution in [2.45, 2.75) is 31.7 Å². The van der Waals surface area contributed by atoms with Crippen LogP contribution in [0.1, 0.15) is 51.4 Å². The van der Waals surface area contributed by atoms with E-state index >= 15 is 0 Å². The number of ketones is 1. The summed E-state index contributed by atoms with van der Waals surface area (Å²) in [4.78, 5) is 15.7. The van der Waals surface area contributed by atoms with Crippen LogP contribution in [-0.2, 0) is 13.0 Å². The van der Waals surface area contributed by atoms with Crippen molar-refractivity contribution in [2.75, 3.05) is 18.2 Å². The van der Waals surface area contributed by atoms with Gasteiger partial charge in [-0.05, 0) is 84.8 Å². The molecule has 4 aromatic carbocycles. The minimum atomic E-state index is 0.0269. The lowest BCUT2D eigenvalue weighted by atomic mass is 9.88. The van der Waals surface area contributed by atoms with Crippen molar-refractivity contribution in [1.29, 1.82) is 0 Å². The quantitative estimate of drug-likeness (QED) is 0.305. The van der Waals surface area contributed by atoms with E-state index < -0.39 is 0 Å². The molecule has 1 atom stereocenters. The maximum absolute atomic E-state index is 13.5. The summed E-state index contributed by atoms with van der Waals surface area (Å²) in [5, 5.41) is 0. The van der Waals surface area contributed by atoms with Gasteiger partial charge in [0.15, 0.2) is 12.5 Å². The van der Waals surface area contributed by atoms with Crippen LogP contribution in [0, 0.1) is 0 Å². The standard InChI is InChI=1S/C32H29NO3/c34-32(27-14-16-31-28(20-27)21-33(22-36-31)29-9-5-2-6-10-29)26-13-15-30-25(19-26)12-11-24(17-18-35-30)23-7-3-1-4-8-23/h1-10,13-16,19-20,24H,11-12,17-18,21-22H2. The summed E-state index contributed by atoms with van der Waals surface area (Å²) >= 11 is 0. The highest BCUT2D eigenvalue weighted by Crippen LogP contribution is 2.33. The zero-order valence-electron chi connectivity index (χ0n) is 20.2. The third-order valence-corrected chi connectivity index (χ3v) is 7.26. The van der Waals surface area contributed by atoms with E-state index in [0.717, 1.165) is 47.6 Å². The topological polar surface area (TPSA) is 38.8 Å². The molecule has 4 heteroatoms. The highest BCUT2D eigenvalue weighted by molar-refractivity contribution is 6.09. The number of hydrogen-bond donors (Lipinski definition) is 0. The van der Waals surface area contributed by atoms with Crippen LogP contribution in [0.25, 0.3) is 0 Å². The molecule has 0 fully saturated rings. The van der Waals surface area contributed by atoms with Crippen molar-refractivity contribution in [2.24, 2.45) is 0 Å². The molecule has 2 heterocycles. The Morgan fingerprint density at radius 3 is 2.14 bits per heavy atom. The second-order valence-electron chi connectivity index (χ2n) is 9.56. The van der Waals surface area contributed by atoms with Gasteiger partial charge in [-0.3, -0.25) is 4.79 Å². The van der Waals surface area contributed by atoms with Gasteiger partial charge in [-0.1, -0.05) is 48.5 Å². The average molecular weight is 476 g/mol. The molecule has 4 nitrogen and oxygen atoms in total. The summed E-state index contributed by atoms with van der Waals surface area (Å²) in [6.45, 7) is 1.89. The summed E-state index contributed by atoms with van der Waals surface area (Å²) in [6.07, 6.45) is 2.94. The van der Waals surface area contributed by atoms with Crippen LogP contribution in [0.15, 0.2) is 97.1 Å². The van der Waals surface area contributed by atoms with Crippen molar-refractivity contribution in [3.05, 3.63) is 125 Å². The van der Waals surface area contributed by atoms with Crippen LogP contribution >= 0.6 is 0 Å². The highest BCUT2D eigenvalue weighted by atomic mass is 16.5. The number of rotatable bonds is 4. The Labute approximate surface area is 212 Å². The molecule has 36 heavy (non-hydrogen) atoms. The molecule has 6 rings (SSSR count). The molecule has 0 saturated heterocycles. The molecule has 4 aromatic rings. The van der Waals surface area contributed by atoms with Gasteiger partial charge in [0.05, 0.1) is 6.61 Å². The van der Waals surface area contributed by atoms with Gasteiger partial charge in [0.1, 0.15) is 11.5 Å². The van der Waals surface area contributed by atoms with Crippen LogP contribution < -0.4 is 14.4 Å². The number of ether oxygens (including phenoxy) is 2. The Balaban J connectivity index is 1.22. The van der Waals surface area contributed by atoms with Gasteiger partial charge in [0.25, 0.3) is 0 Å². The van der Waals surface area contributed by atoms with Gasteiger partial charge in [-0.2, -0.15) is 0 Å². The van der Waals surface area contributed by atoms with Gasteiger partial charge >= 0.3 is 0 Å². The Morgan fingerprint density at radius 1 is 0.722 bits per heavy atom. The molecule has 0 aromatic heterocycles. The molecule has 0 radical (unpaired) electrons. The lowest BCUT2D eigenvalue weighted by molar-refractivity contribution is 0.103. The van der Waals surface area contributed by atoms with Gasteiger partial charge < -0.3 is 14.4 Å². The molecule has 2 aliphatic heterocycles. The Kier molecular flexibility index (Phi) is 6.17. The number of hydrogen-bond acceptors (Lipinski definition) is 4. The molecule has 0 amide bonds.